The third kappa shape index (κ3) is 3.43. The van der Waals surface area contributed by atoms with E-state index in [9.17, 15) is 92.2 Å². The highest BCUT2D eigenvalue weighted by atomic mass is 19.4. The maximum Gasteiger partial charge on any atom is 0.418 e. The molecule has 31 heavy (non-hydrogen) atoms. The quantitative estimate of drug-likeness (QED) is 0.324. The van der Waals surface area contributed by atoms with Gasteiger partial charge in [0, 0.05) is 0 Å². The minimum absolute atomic E-state index is 5.29. The van der Waals surface area contributed by atoms with E-state index in [-0.39, 0.29) is 0 Å². The van der Waals surface area contributed by atoms with Gasteiger partial charge in [-0.3, -0.25) is 0 Å². The summed E-state index contributed by atoms with van der Waals surface area (Å²) in [6.45, 7) is 0. The fourth-order valence-corrected chi connectivity index (χ4v) is 1.96. The van der Waals surface area contributed by atoms with Gasteiger partial charge < -0.3 is 0 Å². The van der Waals surface area contributed by atoms with E-state index in [0.29, 0.717) is 0 Å². The van der Waals surface area contributed by atoms with Gasteiger partial charge in [0.1, 0.15) is 0 Å². The molecule has 0 aromatic rings. The van der Waals surface area contributed by atoms with E-state index in [2.05, 4.69) is 0 Å². The molecular formula is C10F21. The van der Waals surface area contributed by atoms with Crippen LogP contribution in [0.15, 0.2) is 0 Å². The highest BCUT2D eigenvalue weighted by Gasteiger charge is 3.02. The van der Waals surface area contributed by atoms with Crippen LogP contribution in [-0.2, 0) is 0 Å². The molecule has 1 radical (unpaired) electrons. The molecule has 0 aliphatic rings. The molecule has 21 heteroatoms. The van der Waals surface area contributed by atoms with Gasteiger partial charge in [-0.05, 0) is 0 Å². The summed E-state index contributed by atoms with van der Waals surface area (Å²) in [5.74, 6) is -44.4. The van der Waals surface area contributed by atoms with Crippen molar-refractivity contribution in [3.8, 4) is 0 Å². The molecule has 0 aromatic carbocycles. The summed E-state index contributed by atoms with van der Waals surface area (Å²) in [5.41, 5.74) is -9.25. The predicted octanol–water partition coefficient (Wildman–Crippen LogP) is 7.26. The molecule has 0 fully saturated rings. The van der Waals surface area contributed by atoms with Crippen LogP contribution in [0.1, 0.15) is 0 Å². The van der Waals surface area contributed by atoms with E-state index < -0.39 is 60.0 Å². The Kier molecular flexibility index (Phi) is 6.68. The monoisotopic (exact) mass is 519 g/mol. The fraction of sp³-hybridized carbons (Fsp3) is 0.900. The van der Waals surface area contributed by atoms with E-state index in [1.165, 1.54) is 0 Å². The molecule has 0 bridgehead atoms. The molecule has 0 nitrogen and oxygen atoms in total. The van der Waals surface area contributed by atoms with Gasteiger partial charge >= 0.3 is 60.0 Å². The largest absolute Gasteiger partial charge is 0.418 e. The molecule has 0 aromatic heterocycles. The molecule has 0 rings (SSSR count). The highest BCUT2D eigenvalue weighted by Crippen LogP contribution is 2.72. The molecule has 0 amide bonds. The van der Waals surface area contributed by atoms with Crippen LogP contribution in [0.2, 0.25) is 0 Å². The molecule has 0 aliphatic heterocycles. The van der Waals surface area contributed by atoms with Crippen molar-refractivity contribution in [3.63, 3.8) is 0 Å². The molecule has 0 saturated carbocycles. The van der Waals surface area contributed by atoms with Crippen LogP contribution in [0.5, 0.6) is 0 Å². The van der Waals surface area contributed by atoms with Crippen molar-refractivity contribution < 1.29 is 92.2 Å². The van der Waals surface area contributed by atoms with Crippen molar-refractivity contribution in [2.45, 2.75) is 48.1 Å². The van der Waals surface area contributed by atoms with Crippen molar-refractivity contribution in [3.05, 3.63) is 6.43 Å². The first-order valence-corrected chi connectivity index (χ1v) is 6.22. The smallest absolute Gasteiger partial charge is 0.198 e. The number of hydrogen-bond donors (Lipinski definition) is 0. The number of halogens is 21. The van der Waals surface area contributed by atoms with Gasteiger partial charge in [0.2, 0.25) is 0 Å². The zero-order chi connectivity index (χ0) is 26.1. The molecule has 0 atom stereocenters. The Labute approximate surface area is 153 Å². The molecule has 0 heterocycles. The second kappa shape index (κ2) is 7.01. The minimum Gasteiger partial charge on any atom is -0.198 e. The first-order chi connectivity index (χ1) is 12.9. The van der Waals surface area contributed by atoms with E-state index in [1.807, 2.05) is 0 Å². The maximum atomic E-state index is 13.5. The summed E-state index contributed by atoms with van der Waals surface area (Å²) in [4.78, 5) is 0. The van der Waals surface area contributed by atoms with Gasteiger partial charge in [0.25, 0.3) is 0 Å². The zero-order valence-electron chi connectivity index (χ0n) is 12.9. The summed E-state index contributed by atoms with van der Waals surface area (Å²) in [6.07, 6.45) is -31.6. The van der Waals surface area contributed by atoms with Crippen molar-refractivity contribution in [2.24, 2.45) is 5.41 Å². The molecule has 0 unspecified atom stereocenters. The van der Waals surface area contributed by atoms with Crippen molar-refractivity contribution in [1.29, 1.82) is 0 Å². The second-order valence-electron chi connectivity index (χ2n) is 5.38. The minimum atomic E-state index is -9.47. The first-order valence-electron chi connectivity index (χ1n) is 6.22. The maximum absolute atomic E-state index is 13.5. The lowest BCUT2D eigenvalue weighted by Gasteiger charge is -2.47. The number of rotatable bonds is 6. The van der Waals surface area contributed by atoms with Crippen LogP contribution in [0.3, 0.4) is 0 Å². The summed E-state index contributed by atoms with van der Waals surface area (Å²) in [6, 6.07) is 0. The molecule has 0 aliphatic carbocycles. The third-order valence-corrected chi connectivity index (χ3v) is 3.56. The zero-order valence-corrected chi connectivity index (χ0v) is 12.9. The fourth-order valence-electron chi connectivity index (χ4n) is 1.96. The average Bonchev–Trinajstić information content (AvgIpc) is 2.40. The van der Waals surface area contributed by atoms with Gasteiger partial charge in [0.05, 0.1) is 0 Å². The third-order valence-electron chi connectivity index (χ3n) is 3.56. The van der Waals surface area contributed by atoms with Crippen LogP contribution >= 0.6 is 0 Å². The van der Waals surface area contributed by atoms with E-state index in [1.54, 1.807) is 0 Å². The summed E-state index contributed by atoms with van der Waals surface area (Å²) in [5, 5.41) is 0. The van der Waals surface area contributed by atoms with E-state index >= 15 is 0 Å². The summed E-state index contributed by atoms with van der Waals surface area (Å²) in [7, 11) is 0. The van der Waals surface area contributed by atoms with Gasteiger partial charge in [-0.2, -0.15) is 92.2 Å². The lowest BCUT2D eigenvalue weighted by atomic mass is 9.73. The first kappa shape index (κ1) is 29.5. The van der Waals surface area contributed by atoms with Crippen LogP contribution < -0.4 is 0 Å². The Balaban J connectivity index is 7.50. The van der Waals surface area contributed by atoms with Crippen molar-refractivity contribution >= 4 is 0 Å². The van der Waals surface area contributed by atoms with Crippen LogP contribution in [0.4, 0.5) is 92.2 Å². The SMILES string of the molecule is F[C](F)C(F)(F)C(F)(F)C(F)(F)C(F)(F)C(F)(F)C(C(F)(F)F)(C(F)(F)F)C(F)(F)F. The Hall–Kier alpha value is -1.47. The predicted molar refractivity (Wildman–Crippen MR) is 50.8 cm³/mol. The summed E-state index contributed by atoms with van der Waals surface area (Å²) < 4.78 is 266. The number of hydrogen-bond acceptors (Lipinski definition) is 0. The second-order valence-corrected chi connectivity index (χ2v) is 5.38. The normalized spacial score (nSPS) is 16.8. The van der Waals surface area contributed by atoms with Gasteiger partial charge in [-0.25, -0.2) is 0 Å². The van der Waals surface area contributed by atoms with Crippen LogP contribution in [-0.4, -0.2) is 48.1 Å². The molecule has 0 saturated heterocycles. The Morgan fingerprint density at radius 2 is 0.548 bits per heavy atom. The van der Waals surface area contributed by atoms with Crippen molar-refractivity contribution in [2.75, 3.05) is 0 Å². The van der Waals surface area contributed by atoms with Gasteiger partial charge in [-0.1, -0.05) is 0 Å². The summed E-state index contributed by atoms with van der Waals surface area (Å²) >= 11 is 0. The van der Waals surface area contributed by atoms with Crippen LogP contribution in [0.25, 0.3) is 0 Å². The Morgan fingerprint density at radius 3 is 0.742 bits per heavy atom. The Bertz CT molecular complexity index is 605. The molecular weight excluding hydrogens is 519 g/mol. The lowest BCUT2D eigenvalue weighted by molar-refractivity contribution is -0.516. The highest BCUT2D eigenvalue weighted by molar-refractivity contribution is 5.19. The van der Waals surface area contributed by atoms with Gasteiger partial charge in [0.15, 0.2) is 0 Å². The Morgan fingerprint density at radius 1 is 0.323 bits per heavy atom. The average molecular weight is 519 g/mol. The van der Waals surface area contributed by atoms with E-state index in [0.717, 1.165) is 0 Å². The molecule has 0 spiro atoms. The number of alkyl halides is 19. The standard InChI is InChI=1S/C10F21/c11-1(12)2(13,14)4(15,16)6(19,20)7(21,22)5(17,18)3(8(23,24)25,9(26,27)28)10(29,30)31. The van der Waals surface area contributed by atoms with Gasteiger partial charge in [-0.15, -0.1) is 0 Å². The van der Waals surface area contributed by atoms with Crippen LogP contribution in [0, 0.1) is 11.8 Å². The van der Waals surface area contributed by atoms with Crippen molar-refractivity contribution in [1.82, 2.24) is 0 Å². The van der Waals surface area contributed by atoms with E-state index in [4.69, 9.17) is 0 Å². The topological polar surface area (TPSA) is 0 Å². The molecule has 0 N–H and O–H groups in total. The lowest BCUT2D eigenvalue weighted by Crippen LogP contribution is -2.78. The molecule has 187 valence electrons.